The molecule has 0 N–H and O–H groups in total. The molecule has 526 valence electrons. The van der Waals surface area contributed by atoms with Crippen molar-refractivity contribution in [3.63, 3.8) is 0 Å². The van der Waals surface area contributed by atoms with Crippen LogP contribution < -0.4 is 9.80 Å². The lowest BCUT2D eigenvalue weighted by atomic mass is 9.78. The van der Waals surface area contributed by atoms with Crippen LogP contribution in [0.1, 0.15) is 25.0 Å². The summed E-state index contributed by atoms with van der Waals surface area (Å²) < 4.78 is 16.3. The monoisotopic (exact) mass is 1430 g/mol. The second kappa shape index (κ2) is 25.8. The van der Waals surface area contributed by atoms with Gasteiger partial charge >= 0.3 is 0 Å². The van der Waals surface area contributed by atoms with Gasteiger partial charge in [0.25, 0.3) is 0 Å². The average molecular weight is 1430 g/mol. The number of aromatic nitrogens is 1. The standard InChI is InChI=1S/C107H71N3O2/c1-107(2)95-38-17-13-32-86(95)94-63-79(62-91(105(94)107)72-48-52-80(53-49-72)108(81-54-58-103-92(66-81)89-35-16-22-43-102(89)111-103)100-64-77(50-56-83(100)70-26-5-3-6-27-70)75-46-44-68-24-9-11-30-73(68)60-75)85-36-23-37-90-93-67-82(55-59-104(93)112-106(85)90)109(98-41-20-21-42-99(98)110-96-39-18-14-33-87(96)88-34-15-19-40-97(88)110)101-65-78(51-57-84(101)71-28-7-4-8-29-71)76-47-45-69-25-10-12-31-74(69)61-76/h3-67H,1-2H3. The molecule has 1 aliphatic carbocycles. The van der Waals surface area contributed by atoms with Crippen molar-refractivity contribution in [2.45, 2.75) is 19.3 Å². The van der Waals surface area contributed by atoms with Crippen molar-refractivity contribution in [3.05, 3.63) is 405 Å². The second-order valence-corrected chi connectivity index (χ2v) is 30.3. The fourth-order valence-corrected chi connectivity index (χ4v) is 18.2. The Bertz CT molecular complexity index is 7310. The molecule has 22 rings (SSSR count). The number of hydrogen-bond donors (Lipinski definition) is 0. The van der Waals surface area contributed by atoms with Gasteiger partial charge in [-0.25, -0.2) is 0 Å². The van der Waals surface area contributed by atoms with E-state index in [4.69, 9.17) is 8.83 Å². The summed E-state index contributed by atoms with van der Waals surface area (Å²) in [7, 11) is 0. The highest BCUT2D eigenvalue weighted by Crippen LogP contribution is 2.56. The van der Waals surface area contributed by atoms with Crippen LogP contribution in [0.2, 0.25) is 0 Å². The van der Waals surface area contributed by atoms with Crippen LogP contribution in [0, 0.1) is 0 Å². The Morgan fingerprint density at radius 3 is 1.36 bits per heavy atom. The lowest BCUT2D eigenvalue weighted by Crippen LogP contribution is -2.16. The van der Waals surface area contributed by atoms with Gasteiger partial charge in [-0.1, -0.05) is 293 Å². The number of para-hydroxylation sites is 6. The number of nitrogens with zero attached hydrogens (tertiary/aromatic N) is 3. The van der Waals surface area contributed by atoms with E-state index in [2.05, 4.69) is 416 Å². The molecule has 21 aromatic rings. The quantitative estimate of drug-likeness (QED) is 0.115. The maximum atomic E-state index is 7.38. The van der Waals surface area contributed by atoms with E-state index in [0.717, 1.165) is 156 Å². The minimum atomic E-state index is -0.329. The third-order valence-electron chi connectivity index (χ3n) is 23.5. The van der Waals surface area contributed by atoms with E-state index >= 15 is 0 Å². The summed E-state index contributed by atoms with van der Waals surface area (Å²) in [4.78, 5) is 4.94. The Morgan fingerprint density at radius 2 is 0.696 bits per heavy atom. The van der Waals surface area contributed by atoms with Crippen LogP contribution in [0.4, 0.5) is 34.1 Å². The minimum Gasteiger partial charge on any atom is -0.456 e. The first-order valence-corrected chi connectivity index (χ1v) is 38.6. The van der Waals surface area contributed by atoms with Crippen molar-refractivity contribution < 1.29 is 8.83 Å². The highest BCUT2D eigenvalue weighted by Gasteiger charge is 2.39. The van der Waals surface area contributed by atoms with Gasteiger partial charge in [0.15, 0.2) is 0 Å². The van der Waals surface area contributed by atoms with Crippen LogP contribution >= 0.6 is 0 Å². The predicted octanol–water partition coefficient (Wildman–Crippen LogP) is 30.1. The predicted molar refractivity (Wildman–Crippen MR) is 470 cm³/mol. The molecular formula is C107H71N3O2. The van der Waals surface area contributed by atoms with Gasteiger partial charge in [0.1, 0.15) is 22.3 Å². The molecule has 0 amide bonds. The molecule has 0 unspecified atom stereocenters. The van der Waals surface area contributed by atoms with Gasteiger partial charge in [-0.3, -0.25) is 0 Å². The third-order valence-corrected chi connectivity index (χ3v) is 23.5. The van der Waals surface area contributed by atoms with Crippen LogP contribution in [0.25, 0.3) is 171 Å². The van der Waals surface area contributed by atoms with E-state index in [1.54, 1.807) is 0 Å². The lowest BCUT2D eigenvalue weighted by Gasteiger charge is -2.31. The average Bonchev–Trinajstić information content (AvgIpc) is 1.53. The number of rotatable bonds is 13. The van der Waals surface area contributed by atoms with Crippen LogP contribution in [0.5, 0.6) is 0 Å². The number of fused-ring (bicyclic) bond motifs is 14. The van der Waals surface area contributed by atoms with Crippen molar-refractivity contribution in [2.24, 2.45) is 0 Å². The number of anilines is 6. The smallest absolute Gasteiger partial charge is 0.143 e. The normalized spacial score (nSPS) is 12.4. The SMILES string of the molecule is CC1(C)c2ccccc2-c2cc(-c3cccc4c3oc3ccc(N(c5cc(-c6ccc7ccccc7c6)ccc5-c5ccccc5)c5ccccc5-n5c6ccccc6c6ccccc65)cc34)cc(-c3ccc(N(c4ccc5oc6ccccc6c5c4)c4cc(-c5ccc6ccccc6c5)ccc4-c4ccccc4)cc3)c21. The Balaban J connectivity index is 0.724. The molecule has 0 atom stereocenters. The molecule has 0 saturated carbocycles. The number of hydrogen-bond acceptors (Lipinski definition) is 4. The summed E-state index contributed by atoms with van der Waals surface area (Å²) in [5, 5.41) is 11.4. The first kappa shape index (κ1) is 64.6. The molecule has 5 heteroatoms. The van der Waals surface area contributed by atoms with Gasteiger partial charge in [-0.2, -0.15) is 0 Å². The molecule has 3 heterocycles. The second-order valence-electron chi connectivity index (χ2n) is 30.3. The maximum absolute atomic E-state index is 7.38. The first-order chi connectivity index (χ1) is 55.3. The molecule has 0 spiro atoms. The highest BCUT2D eigenvalue weighted by molar-refractivity contribution is 6.14. The summed E-state index contributed by atoms with van der Waals surface area (Å²) in [5.41, 5.74) is 31.0. The molecule has 0 saturated heterocycles. The largest absolute Gasteiger partial charge is 0.456 e. The van der Waals surface area contributed by atoms with Gasteiger partial charge in [0, 0.05) is 71.5 Å². The molecular weight excluding hydrogens is 1360 g/mol. The Kier molecular flexibility index (Phi) is 14.9. The maximum Gasteiger partial charge on any atom is 0.143 e. The molecule has 18 aromatic carbocycles. The van der Waals surface area contributed by atoms with E-state index < -0.39 is 0 Å². The zero-order valence-corrected chi connectivity index (χ0v) is 61.7. The van der Waals surface area contributed by atoms with E-state index in [1.807, 2.05) is 6.07 Å². The summed E-state index contributed by atoms with van der Waals surface area (Å²) in [6.07, 6.45) is 0. The summed E-state index contributed by atoms with van der Waals surface area (Å²) in [5.74, 6) is 0. The van der Waals surface area contributed by atoms with Gasteiger partial charge in [-0.05, 0) is 209 Å². The fraction of sp³-hybridized carbons (Fsp3) is 0.0280. The Hall–Kier alpha value is -14.5. The molecule has 5 nitrogen and oxygen atoms in total. The minimum absolute atomic E-state index is 0.329. The van der Waals surface area contributed by atoms with Crippen LogP contribution in [0.15, 0.2) is 403 Å². The molecule has 0 fully saturated rings. The molecule has 0 radical (unpaired) electrons. The van der Waals surface area contributed by atoms with Crippen molar-refractivity contribution in [2.75, 3.05) is 9.80 Å². The van der Waals surface area contributed by atoms with E-state index in [9.17, 15) is 0 Å². The lowest BCUT2D eigenvalue weighted by molar-refractivity contribution is 0.662. The molecule has 1 aliphatic rings. The van der Waals surface area contributed by atoms with Crippen LogP contribution in [-0.2, 0) is 5.41 Å². The van der Waals surface area contributed by atoms with Crippen LogP contribution in [-0.4, -0.2) is 4.57 Å². The van der Waals surface area contributed by atoms with E-state index in [0.29, 0.717) is 0 Å². The van der Waals surface area contributed by atoms with Crippen molar-refractivity contribution in [1.82, 2.24) is 4.57 Å². The summed E-state index contributed by atoms with van der Waals surface area (Å²) in [6.45, 7) is 4.79. The Morgan fingerprint density at radius 1 is 0.241 bits per heavy atom. The van der Waals surface area contributed by atoms with Crippen molar-refractivity contribution >= 4 is 121 Å². The van der Waals surface area contributed by atoms with Crippen molar-refractivity contribution in [3.8, 4) is 83.6 Å². The molecule has 0 bridgehead atoms. The third kappa shape index (κ3) is 10.5. The molecule has 112 heavy (non-hydrogen) atoms. The van der Waals surface area contributed by atoms with Gasteiger partial charge in [0.2, 0.25) is 0 Å². The summed E-state index contributed by atoms with van der Waals surface area (Å²) in [6, 6.07) is 145. The number of furan rings is 2. The number of benzene rings is 18. The zero-order chi connectivity index (χ0) is 74.1. The van der Waals surface area contributed by atoms with E-state index in [-0.39, 0.29) is 5.41 Å². The van der Waals surface area contributed by atoms with Gasteiger partial charge < -0.3 is 23.2 Å². The summed E-state index contributed by atoms with van der Waals surface area (Å²) >= 11 is 0. The van der Waals surface area contributed by atoms with E-state index in [1.165, 1.54) is 60.1 Å². The Labute approximate surface area is 648 Å². The highest BCUT2D eigenvalue weighted by atomic mass is 16.3. The first-order valence-electron chi connectivity index (χ1n) is 38.6. The molecule has 0 aliphatic heterocycles. The fourth-order valence-electron chi connectivity index (χ4n) is 18.2. The van der Waals surface area contributed by atoms with Gasteiger partial charge in [0.05, 0.1) is 33.8 Å². The van der Waals surface area contributed by atoms with Gasteiger partial charge in [-0.15, -0.1) is 0 Å². The molecule has 3 aromatic heterocycles. The van der Waals surface area contributed by atoms with Crippen LogP contribution in [0.3, 0.4) is 0 Å². The topological polar surface area (TPSA) is 37.7 Å². The zero-order valence-electron chi connectivity index (χ0n) is 61.7. The van der Waals surface area contributed by atoms with Crippen molar-refractivity contribution in [1.29, 1.82) is 0 Å².